The van der Waals surface area contributed by atoms with E-state index in [9.17, 15) is 9.59 Å². The number of carbonyl (C=O) groups excluding carboxylic acids is 2. The van der Waals surface area contributed by atoms with Gasteiger partial charge < -0.3 is 15.1 Å². The van der Waals surface area contributed by atoms with Gasteiger partial charge in [0.15, 0.2) is 10.8 Å². The van der Waals surface area contributed by atoms with Crippen LogP contribution in [0.1, 0.15) is 6.42 Å². The number of furan rings is 1. The summed E-state index contributed by atoms with van der Waals surface area (Å²) in [6.07, 6.45) is 1.69. The van der Waals surface area contributed by atoms with Gasteiger partial charge in [0.1, 0.15) is 6.26 Å². The van der Waals surface area contributed by atoms with Crippen molar-refractivity contribution in [1.29, 1.82) is 0 Å². The Morgan fingerprint density at radius 3 is 2.91 bits per heavy atom. The third-order valence-electron chi connectivity index (χ3n) is 3.00. The van der Waals surface area contributed by atoms with Crippen molar-refractivity contribution in [3.05, 3.63) is 36.6 Å². The Balaban J connectivity index is 1.65. The molecule has 0 saturated heterocycles. The molecule has 3 rings (SSSR count). The van der Waals surface area contributed by atoms with Crippen molar-refractivity contribution in [2.45, 2.75) is 6.42 Å². The van der Waals surface area contributed by atoms with E-state index >= 15 is 0 Å². The van der Waals surface area contributed by atoms with Crippen LogP contribution in [0.5, 0.6) is 0 Å². The third kappa shape index (κ3) is 4.08. The molecule has 3 aromatic rings. The summed E-state index contributed by atoms with van der Waals surface area (Å²) in [6.45, 7) is 0.302. The summed E-state index contributed by atoms with van der Waals surface area (Å²) < 4.78 is 6.39. The van der Waals surface area contributed by atoms with Crippen molar-refractivity contribution in [3.63, 3.8) is 0 Å². The van der Waals surface area contributed by atoms with Crippen LogP contribution in [0.4, 0.5) is 10.5 Å². The number of hydrogen-bond acceptors (Lipinski definition) is 5. The van der Waals surface area contributed by atoms with Crippen molar-refractivity contribution in [3.8, 4) is 10.8 Å². The zero-order chi connectivity index (χ0) is 16.2. The van der Waals surface area contributed by atoms with Gasteiger partial charge in [0.05, 0.1) is 15.9 Å². The Morgan fingerprint density at radius 2 is 2.13 bits per heavy atom. The maximum absolute atomic E-state index is 11.8. The fraction of sp³-hybridized carbons (Fsp3) is 0.133. The Kier molecular flexibility index (Phi) is 4.91. The standard InChI is InChI=1S/C15H12IN3O3S/c16-15(21)17-6-5-13(20)18-9-7-11(22-8-9)14-19-10-3-1-2-4-12(10)23-14/h1-4,7-8H,5-6H2,(H,17,21)(H,18,20). The van der Waals surface area contributed by atoms with E-state index in [1.807, 2.05) is 24.3 Å². The van der Waals surface area contributed by atoms with Crippen molar-refractivity contribution in [1.82, 2.24) is 10.3 Å². The molecule has 1 aromatic carbocycles. The number of halogens is 1. The summed E-state index contributed by atoms with van der Waals surface area (Å²) in [5, 5.41) is 6.06. The molecular weight excluding hydrogens is 429 g/mol. The summed E-state index contributed by atoms with van der Waals surface area (Å²) in [6, 6.07) is 9.60. The van der Waals surface area contributed by atoms with Gasteiger partial charge >= 0.3 is 0 Å². The quantitative estimate of drug-likeness (QED) is 0.356. The topological polar surface area (TPSA) is 84.2 Å². The number of anilines is 1. The molecule has 23 heavy (non-hydrogen) atoms. The second-order valence-electron chi connectivity index (χ2n) is 4.69. The number of benzene rings is 1. The van der Waals surface area contributed by atoms with E-state index in [1.54, 1.807) is 28.7 Å². The number of thiazole rings is 1. The first-order valence-corrected chi connectivity index (χ1v) is 8.69. The minimum Gasteiger partial charge on any atom is -0.460 e. The zero-order valence-electron chi connectivity index (χ0n) is 11.8. The molecule has 2 amide bonds. The van der Waals surface area contributed by atoms with Gasteiger partial charge in [-0.15, -0.1) is 11.3 Å². The zero-order valence-corrected chi connectivity index (χ0v) is 14.8. The SMILES string of the molecule is O=C(I)NCCC(=O)Nc1coc(-c2nc3ccccc3s2)c1. The average molecular weight is 441 g/mol. The summed E-state index contributed by atoms with van der Waals surface area (Å²) in [5.74, 6) is 0.425. The Hall–Kier alpha value is -1.94. The predicted molar refractivity (Wildman–Crippen MR) is 98.0 cm³/mol. The van der Waals surface area contributed by atoms with Crippen molar-refractivity contribution >= 4 is 59.7 Å². The van der Waals surface area contributed by atoms with E-state index in [4.69, 9.17) is 4.42 Å². The van der Waals surface area contributed by atoms with Crippen molar-refractivity contribution in [2.24, 2.45) is 0 Å². The van der Waals surface area contributed by atoms with Crippen LogP contribution < -0.4 is 10.6 Å². The number of nitrogens with one attached hydrogen (secondary N) is 2. The van der Waals surface area contributed by atoms with Crippen LogP contribution in [0.25, 0.3) is 21.0 Å². The van der Waals surface area contributed by atoms with Crippen molar-refractivity contribution < 1.29 is 14.0 Å². The van der Waals surface area contributed by atoms with Crippen LogP contribution in [-0.4, -0.2) is 21.3 Å². The second kappa shape index (κ2) is 7.09. The highest BCUT2D eigenvalue weighted by molar-refractivity contribution is 14.1. The lowest BCUT2D eigenvalue weighted by Crippen LogP contribution is -2.22. The molecule has 0 atom stereocenters. The molecule has 0 bridgehead atoms. The summed E-state index contributed by atoms with van der Waals surface area (Å²) in [5.41, 5.74) is 1.49. The molecule has 8 heteroatoms. The number of carbonyl (C=O) groups is 2. The van der Waals surface area contributed by atoms with E-state index in [0.717, 1.165) is 15.2 Å². The lowest BCUT2D eigenvalue weighted by atomic mass is 10.3. The smallest absolute Gasteiger partial charge is 0.280 e. The number of rotatable bonds is 5. The van der Waals surface area contributed by atoms with E-state index in [0.29, 0.717) is 18.0 Å². The normalized spacial score (nSPS) is 10.7. The highest BCUT2D eigenvalue weighted by Gasteiger charge is 2.12. The Bertz CT molecular complexity index is 825. The highest BCUT2D eigenvalue weighted by Crippen LogP contribution is 2.32. The van der Waals surface area contributed by atoms with Gasteiger partial charge in [0.25, 0.3) is 3.91 Å². The van der Waals surface area contributed by atoms with Gasteiger partial charge in [-0.1, -0.05) is 12.1 Å². The minimum atomic E-state index is -0.188. The minimum absolute atomic E-state index is 0.183. The highest BCUT2D eigenvalue weighted by atomic mass is 127. The molecular formula is C15H12IN3O3S. The maximum atomic E-state index is 11.8. The average Bonchev–Trinajstić information content (AvgIpc) is 3.12. The number of hydrogen-bond donors (Lipinski definition) is 2. The number of para-hydroxylation sites is 1. The third-order valence-corrected chi connectivity index (χ3v) is 4.44. The van der Waals surface area contributed by atoms with Crippen LogP contribution in [0.15, 0.2) is 41.0 Å². The van der Waals surface area contributed by atoms with Crippen LogP contribution in [0.3, 0.4) is 0 Å². The van der Waals surface area contributed by atoms with Gasteiger partial charge in [0, 0.05) is 41.6 Å². The molecule has 2 heterocycles. The molecule has 0 saturated carbocycles. The van der Waals surface area contributed by atoms with Crippen LogP contribution in [-0.2, 0) is 4.79 Å². The molecule has 0 aliphatic carbocycles. The van der Waals surface area contributed by atoms with E-state index in [-0.39, 0.29) is 16.2 Å². The lowest BCUT2D eigenvalue weighted by molar-refractivity contribution is -0.116. The fourth-order valence-corrected chi connectivity index (χ4v) is 3.18. The Morgan fingerprint density at radius 1 is 1.30 bits per heavy atom. The number of amides is 2. The molecule has 0 spiro atoms. The van der Waals surface area contributed by atoms with Crippen LogP contribution in [0.2, 0.25) is 0 Å². The first-order valence-electron chi connectivity index (χ1n) is 6.79. The molecule has 0 fully saturated rings. The molecule has 2 N–H and O–H groups in total. The molecule has 6 nitrogen and oxygen atoms in total. The van der Waals surface area contributed by atoms with E-state index in [1.165, 1.54) is 17.6 Å². The lowest BCUT2D eigenvalue weighted by Gasteiger charge is -2.01. The monoisotopic (exact) mass is 441 g/mol. The van der Waals surface area contributed by atoms with Gasteiger partial charge in [0.2, 0.25) is 5.91 Å². The fourth-order valence-electron chi connectivity index (χ4n) is 1.99. The molecule has 0 aliphatic rings. The molecule has 2 aromatic heterocycles. The summed E-state index contributed by atoms with van der Waals surface area (Å²) in [4.78, 5) is 27.0. The molecule has 0 aliphatic heterocycles. The first-order chi connectivity index (χ1) is 11.1. The number of nitrogens with zero attached hydrogens (tertiary/aromatic N) is 1. The summed E-state index contributed by atoms with van der Waals surface area (Å²) >= 11 is 3.16. The molecule has 0 radical (unpaired) electrons. The van der Waals surface area contributed by atoms with Gasteiger partial charge in [-0.05, 0) is 12.1 Å². The number of fused-ring (bicyclic) bond motifs is 1. The second-order valence-corrected chi connectivity index (χ2v) is 6.70. The van der Waals surface area contributed by atoms with Crippen LogP contribution >= 0.6 is 33.9 Å². The van der Waals surface area contributed by atoms with Gasteiger partial charge in [-0.2, -0.15) is 0 Å². The molecule has 118 valence electrons. The molecule has 0 unspecified atom stereocenters. The van der Waals surface area contributed by atoms with E-state index < -0.39 is 0 Å². The first kappa shape index (κ1) is 15.9. The maximum Gasteiger partial charge on any atom is 0.280 e. The summed E-state index contributed by atoms with van der Waals surface area (Å²) in [7, 11) is 0. The van der Waals surface area contributed by atoms with Crippen molar-refractivity contribution in [2.75, 3.05) is 11.9 Å². The van der Waals surface area contributed by atoms with Gasteiger partial charge in [-0.3, -0.25) is 9.59 Å². The largest absolute Gasteiger partial charge is 0.460 e. The Labute approximate surface area is 149 Å². The van der Waals surface area contributed by atoms with Crippen LogP contribution in [0, 0.1) is 0 Å². The van der Waals surface area contributed by atoms with Gasteiger partial charge in [-0.25, -0.2) is 4.98 Å². The number of aromatic nitrogens is 1. The van der Waals surface area contributed by atoms with E-state index in [2.05, 4.69) is 15.6 Å². The predicted octanol–water partition coefficient (Wildman–Crippen LogP) is 4.03.